The number of thiazole rings is 1. The molecular formula is C21H22BrN3O4S2. The fourth-order valence-electron chi connectivity index (χ4n) is 2.72. The van der Waals surface area contributed by atoms with Crippen LogP contribution in [0.5, 0.6) is 5.75 Å². The molecule has 0 radical (unpaired) electrons. The average molecular weight is 524 g/mol. The van der Waals surface area contributed by atoms with Gasteiger partial charge in [-0.05, 0) is 47.9 Å². The van der Waals surface area contributed by atoms with Crippen molar-refractivity contribution in [2.24, 2.45) is 0 Å². The van der Waals surface area contributed by atoms with Crippen LogP contribution in [0, 0.1) is 0 Å². The second-order valence-corrected chi connectivity index (χ2v) is 11.2. The van der Waals surface area contributed by atoms with Gasteiger partial charge in [0, 0.05) is 27.3 Å². The molecule has 1 amide bonds. The standard InChI is InChI=1S/C21H22BrN3O4S2/c1-21(2,3)17-12-14(22)4-9-18(17)29-13-19(26)24-15-5-7-16(8-6-15)31(27,28)25-20-23-10-11-30-20/h4-12H,13H2,1-3H3,(H,23,25)(H,24,26). The molecule has 0 saturated heterocycles. The van der Waals surface area contributed by atoms with Crippen molar-refractivity contribution in [2.75, 3.05) is 16.6 Å². The maximum atomic E-state index is 12.4. The minimum atomic E-state index is -3.74. The first-order chi connectivity index (χ1) is 14.5. The molecule has 0 aliphatic rings. The van der Waals surface area contributed by atoms with Gasteiger partial charge in [-0.1, -0.05) is 36.7 Å². The summed E-state index contributed by atoms with van der Waals surface area (Å²) in [5, 5.41) is 4.67. The van der Waals surface area contributed by atoms with Gasteiger partial charge in [0.2, 0.25) is 0 Å². The maximum absolute atomic E-state index is 12.4. The van der Waals surface area contributed by atoms with Crippen molar-refractivity contribution in [1.29, 1.82) is 0 Å². The average Bonchev–Trinajstić information content (AvgIpc) is 3.19. The van der Waals surface area contributed by atoms with Gasteiger partial charge in [-0.3, -0.25) is 9.52 Å². The Labute approximate surface area is 194 Å². The Morgan fingerprint density at radius 3 is 2.48 bits per heavy atom. The molecule has 31 heavy (non-hydrogen) atoms. The molecule has 0 unspecified atom stereocenters. The highest BCUT2D eigenvalue weighted by Crippen LogP contribution is 2.33. The number of hydrogen-bond donors (Lipinski definition) is 2. The summed E-state index contributed by atoms with van der Waals surface area (Å²) >= 11 is 4.65. The third-order valence-electron chi connectivity index (χ3n) is 4.21. The number of hydrogen-bond acceptors (Lipinski definition) is 6. The van der Waals surface area contributed by atoms with E-state index in [9.17, 15) is 13.2 Å². The smallest absolute Gasteiger partial charge is 0.263 e. The molecule has 10 heteroatoms. The summed E-state index contributed by atoms with van der Waals surface area (Å²) in [4.78, 5) is 16.3. The van der Waals surface area contributed by atoms with Gasteiger partial charge in [0.15, 0.2) is 11.7 Å². The molecule has 0 fully saturated rings. The zero-order valence-corrected chi connectivity index (χ0v) is 20.4. The van der Waals surface area contributed by atoms with Crippen LogP contribution in [0.4, 0.5) is 10.8 Å². The molecule has 2 aromatic carbocycles. The summed E-state index contributed by atoms with van der Waals surface area (Å²) in [6, 6.07) is 11.5. The van der Waals surface area contributed by atoms with E-state index in [1.165, 1.54) is 41.8 Å². The van der Waals surface area contributed by atoms with Crippen molar-refractivity contribution in [3.8, 4) is 5.75 Å². The third kappa shape index (κ3) is 6.28. The Balaban J connectivity index is 1.62. The van der Waals surface area contributed by atoms with Crippen LogP contribution in [0.3, 0.4) is 0 Å². The Morgan fingerprint density at radius 2 is 1.87 bits per heavy atom. The van der Waals surface area contributed by atoms with Crippen molar-refractivity contribution >= 4 is 54.0 Å². The number of benzene rings is 2. The first-order valence-electron chi connectivity index (χ1n) is 9.30. The van der Waals surface area contributed by atoms with E-state index in [1.807, 2.05) is 18.2 Å². The molecular weight excluding hydrogens is 502 g/mol. The fourth-order valence-corrected chi connectivity index (χ4v) is 4.87. The number of anilines is 2. The second-order valence-electron chi connectivity index (χ2n) is 7.69. The highest BCUT2D eigenvalue weighted by Gasteiger charge is 2.20. The molecule has 0 saturated carbocycles. The summed E-state index contributed by atoms with van der Waals surface area (Å²) in [5.74, 6) is 0.292. The van der Waals surface area contributed by atoms with Crippen LogP contribution in [0.2, 0.25) is 0 Å². The lowest BCUT2D eigenvalue weighted by molar-refractivity contribution is -0.118. The highest BCUT2D eigenvalue weighted by molar-refractivity contribution is 9.10. The van der Waals surface area contributed by atoms with Crippen LogP contribution in [0.25, 0.3) is 0 Å². The lowest BCUT2D eigenvalue weighted by Gasteiger charge is -2.23. The second kappa shape index (κ2) is 9.37. The molecule has 164 valence electrons. The number of nitrogens with one attached hydrogen (secondary N) is 2. The van der Waals surface area contributed by atoms with Crippen LogP contribution in [0.1, 0.15) is 26.3 Å². The van der Waals surface area contributed by atoms with Gasteiger partial charge >= 0.3 is 0 Å². The van der Waals surface area contributed by atoms with Crippen molar-refractivity contribution < 1.29 is 17.9 Å². The number of carbonyl (C=O) groups excluding carboxylic acids is 1. The zero-order chi connectivity index (χ0) is 22.6. The summed E-state index contributed by atoms with van der Waals surface area (Å²) in [7, 11) is -3.74. The fraction of sp³-hybridized carbons (Fsp3) is 0.238. The van der Waals surface area contributed by atoms with Crippen molar-refractivity contribution in [3.63, 3.8) is 0 Å². The largest absolute Gasteiger partial charge is 0.483 e. The molecule has 1 heterocycles. The minimum Gasteiger partial charge on any atom is -0.483 e. The van der Waals surface area contributed by atoms with Crippen molar-refractivity contribution in [2.45, 2.75) is 31.1 Å². The molecule has 0 atom stereocenters. The normalized spacial score (nSPS) is 11.7. The minimum absolute atomic E-state index is 0.0710. The summed E-state index contributed by atoms with van der Waals surface area (Å²) < 4.78 is 33.8. The van der Waals surface area contributed by atoms with Crippen LogP contribution in [-0.4, -0.2) is 25.9 Å². The van der Waals surface area contributed by atoms with Crippen LogP contribution in [-0.2, 0) is 20.2 Å². The number of halogens is 1. The molecule has 0 bridgehead atoms. The van der Waals surface area contributed by atoms with E-state index < -0.39 is 10.0 Å². The number of amides is 1. The number of ether oxygens (including phenoxy) is 1. The van der Waals surface area contributed by atoms with Crippen molar-refractivity contribution in [3.05, 3.63) is 64.1 Å². The van der Waals surface area contributed by atoms with E-state index in [0.29, 0.717) is 11.4 Å². The van der Waals surface area contributed by atoms with Crippen LogP contribution in [0.15, 0.2) is 63.4 Å². The number of rotatable bonds is 7. The number of aromatic nitrogens is 1. The molecule has 1 aromatic heterocycles. The van der Waals surface area contributed by atoms with E-state index >= 15 is 0 Å². The van der Waals surface area contributed by atoms with Gasteiger partial charge in [-0.15, -0.1) is 11.3 Å². The monoisotopic (exact) mass is 523 g/mol. The Morgan fingerprint density at radius 1 is 1.16 bits per heavy atom. The molecule has 0 aliphatic heterocycles. The molecule has 3 rings (SSSR count). The molecule has 7 nitrogen and oxygen atoms in total. The predicted molar refractivity (Wildman–Crippen MR) is 126 cm³/mol. The molecule has 3 aromatic rings. The molecule has 0 spiro atoms. The predicted octanol–water partition coefficient (Wildman–Crippen LogP) is 5.02. The first kappa shape index (κ1) is 23.2. The lowest BCUT2D eigenvalue weighted by atomic mass is 9.86. The van der Waals surface area contributed by atoms with Gasteiger partial charge in [0.05, 0.1) is 4.90 Å². The van der Waals surface area contributed by atoms with Crippen LogP contribution >= 0.6 is 27.3 Å². The van der Waals surface area contributed by atoms with E-state index in [0.717, 1.165) is 10.0 Å². The van der Waals surface area contributed by atoms with E-state index in [-0.39, 0.29) is 28.0 Å². The molecule has 2 N–H and O–H groups in total. The molecule has 0 aliphatic carbocycles. The Bertz CT molecular complexity index is 1160. The topological polar surface area (TPSA) is 97.4 Å². The number of nitrogens with zero attached hydrogens (tertiary/aromatic N) is 1. The summed E-state index contributed by atoms with van der Waals surface area (Å²) in [5.41, 5.74) is 1.30. The summed E-state index contributed by atoms with van der Waals surface area (Å²) in [6.07, 6.45) is 1.52. The summed E-state index contributed by atoms with van der Waals surface area (Å²) in [6.45, 7) is 6.04. The highest BCUT2D eigenvalue weighted by atomic mass is 79.9. The SMILES string of the molecule is CC(C)(C)c1cc(Br)ccc1OCC(=O)Nc1ccc(S(=O)(=O)Nc2nccs2)cc1. The zero-order valence-electron chi connectivity index (χ0n) is 17.2. The quantitative estimate of drug-likeness (QED) is 0.453. The Hall–Kier alpha value is -2.43. The van der Waals surface area contributed by atoms with E-state index in [2.05, 4.69) is 51.7 Å². The van der Waals surface area contributed by atoms with Crippen molar-refractivity contribution in [1.82, 2.24) is 4.98 Å². The maximum Gasteiger partial charge on any atom is 0.263 e. The number of carbonyl (C=O) groups is 1. The number of sulfonamides is 1. The van der Waals surface area contributed by atoms with E-state index in [4.69, 9.17) is 4.74 Å². The van der Waals surface area contributed by atoms with Gasteiger partial charge in [-0.2, -0.15) is 0 Å². The Kier molecular flexibility index (Phi) is 7.03. The van der Waals surface area contributed by atoms with Gasteiger partial charge in [-0.25, -0.2) is 13.4 Å². The van der Waals surface area contributed by atoms with E-state index in [1.54, 1.807) is 5.38 Å². The van der Waals surface area contributed by atoms with Crippen LogP contribution < -0.4 is 14.8 Å². The van der Waals surface area contributed by atoms with Gasteiger partial charge in [0.1, 0.15) is 5.75 Å². The lowest BCUT2D eigenvalue weighted by Crippen LogP contribution is -2.22. The first-order valence-corrected chi connectivity index (χ1v) is 12.5. The van der Waals surface area contributed by atoms with Gasteiger partial charge < -0.3 is 10.1 Å². The third-order valence-corrected chi connectivity index (χ3v) is 6.88. The van der Waals surface area contributed by atoms with Gasteiger partial charge in [0.25, 0.3) is 15.9 Å².